The number of hydrogen-bond acceptors (Lipinski definition) is 22. The van der Waals surface area contributed by atoms with Crippen LogP contribution in [0.15, 0.2) is 91.0 Å². The van der Waals surface area contributed by atoms with E-state index in [4.69, 9.17) is 52.1 Å². The summed E-state index contributed by atoms with van der Waals surface area (Å²) in [6.07, 6.45) is -1.57. The highest BCUT2D eigenvalue weighted by Crippen LogP contribution is 2.31. The molecule has 532 valence electrons. The van der Waals surface area contributed by atoms with Crippen LogP contribution in [0.2, 0.25) is 0 Å². The van der Waals surface area contributed by atoms with E-state index in [1.807, 2.05) is 152 Å². The lowest BCUT2D eigenvalue weighted by atomic mass is 9.88. The molecule has 3 saturated heterocycles. The molecule has 0 spiro atoms. The van der Waals surface area contributed by atoms with Gasteiger partial charge in [-0.15, -0.1) is 0 Å². The van der Waals surface area contributed by atoms with Gasteiger partial charge in [-0.1, -0.05) is 91.0 Å². The molecule has 3 fully saturated rings. The molecule has 3 aliphatic rings. The van der Waals surface area contributed by atoms with Crippen LogP contribution in [0.25, 0.3) is 0 Å². The Morgan fingerprint density at radius 3 is 1.12 bits per heavy atom. The lowest BCUT2D eigenvalue weighted by Crippen LogP contribution is -2.43. The Bertz CT molecular complexity index is 2740. The van der Waals surface area contributed by atoms with Crippen LogP contribution in [-0.2, 0) is 101 Å². The lowest BCUT2D eigenvalue weighted by molar-refractivity contribution is -0.285. The predicted molar refractivity (Wildman–Crippen MR) is 348 cm³/mol. The van der Waals surface area contributed by atoms with Gasteiger partial charge in [0.2, 0.25) is 24.1 Å². The fraction of sp³-hybridized carbons (Fsp3) is 0.623. The minimum Gasteiger partial charge on any atom is -0.480 e. The van der Waals surface area contributed by atoms with Crippen molar-refractivity contribution in [2.75, 3.05) is 80.2 Å². The second-order valence-corrected chi connectivity index (χ2v) is 25.6. The van der Waals surface area contributed by atoms with E-state index in [1.165, 1.54) is 0 Å². The van der Waals surface area contributed by atoms with Gasteiger partial charge in [0.15, 0.2) is 0 Å². The number of nitrogens with zero attached hydrogens (tertiary/aromatic N) is 1. The molecule has 3 aromatic rings. The zero-order chi connectivity index (χ0) is 70.7. The van der Waals surface area contributed by atoms with Crippen LogP contribution in [0.1, 0.15) is 119 Å². The summed E-state index contributed by atoms with van der Waals surface area (Å²) in [5, 5.41) is 26.6. The van der Waals surface area contributed by atoms with E-state index in [-0.39, 0.29) is 100 Å². The smallest absolute Gasteiger partial charge is 0.480 e. The van der Waals surface area contributed by atoms with Crippen LogP contribution in [0.4, 0.5) is 14.4 Å². The van der Waals surface area contributed by atoms with Gasteiger partial charge in [-0.2, -0.15) is 0 Å². The third-order valence-electron chi connectivity index (χ3n) is 14.3. The summed E-state index contributed by atoms with van der Waals surface area (Å²) in [5.41, 5.74) is 2.01. The van der Waals surface area contributed by atoms with Crippen molar-refractivity contribution in [3.05, 3.63) is 108 Å². The first-order chi connectivity index (χ1) is 44.9. The number of esters is 1. The van der Waals surface area contributed by atoms with Gasteiger partial charge < -0.3 is 83.0 Å². The molecule has 0 aliphatic carbocycles. The molecule has 0 unspecified atom stereocenters. The third-order valence-corrected chi connectivity index (χ3v) is 14.3. The number of aliphatic hydroxyl groups is 1. The molecule has 26 heteroatoms. The first-order valence-corrected chi connectivity index (χ1v) is 32.1. The largest absolute Gasteiger partial charge is 0.508 e. The maximum absolute atomic E-state index is 12.6. The fourth-order valence-corrected chi connectivity index (χ4v) is 9.91. The van der Waals surface area contributed by atoms with Crippen molar-refractivity contribution < 1.29 is 105 Å². The van der Waals surface area contributed by atoms with Gasteiger partial charge in [-0.25, -0.2) is 24.0 Å². The van der Waals surface area contributed by atoms with E-state index in [0.29, 0.717) is 52.3 Å². The van der Waals surface area contributed by atoms with Gasteiger partial charge in [0, 0.05) is 55.3 Å². The van der Waals surface area contributed by atoms with Crippen LogP contribution in [0, 0.1) is 35.5 Å². The Kier molecular flexibility index (Phi) is 36.3. The Labute approximate surface area is 559 Å². The van der Waals surface area contributed by atoms with Crippen LogP contribution in [-0.4, -0.2) is 185 Å². The second kappa shape index (κ2) is 42.2. The van der Waals surface area contributed by atoms with E-state index >= 15 is 0 Å². The van der Waals surface area contributed by atoms with E-state index in [9.17, 15) is 48.6 Å². The molecule has 3 amide bonds. The lowest BCUT2D eigenvalue weighted by Gasteiger charge is -2.35. The zero-order valence-corrected chi connectivity index (χ0v) is 57.8. The Hall–Kier alpha value is -7.46. The van der Waals surface area contributed by atoms with Gasteiger partial charge >= 0.3 is 30.4 Å². The van der Waals surface area contributed by atoms with Crippen LogP contribution < -0.4 is 16.0 Å². The van der Waals surface area contributed by atoms with Crippen molar-refractivity contribution in [2.45, 2.75) is 164 Å². The summed E-state index contributed by atoms with van der Waals surface area (Å²) in [7, 11) is 3.89. The number of rotatable bonds is 30. The number of carboxylic acid groups (broad SMARTS) is 1. The predicted octanol–water partition coefficient (Wildman–Crippen LogP) is 8.37. The van der Waals surface area contributed by atoms with Crippen molar-refractivity contribution in [3.63, 3.8) is 0 Å². The quantitative estimate of drug-likeness (QED) is 0.0181. The van der Waals surface area contributed by atoms with E-state index in [2.05, 4.69) is 20.7 Å². The summed E-state index contributed by atoms with van der Waals surface area (Å²) in [4.78, 5) is 97.1. The molecule has 3 heterocycles. The highest BCUT2D eigenvalue weighted by molar-refractivity contribution is 5.91. The van der Waals surface area contributed by atoms with Crippen molar-refractivity contribution in [2.24, 2.45) is 35.5 Å². The van der Waals surface area contributed by atoms with Crippen molar-refractivity contribution >= 4 is 48.1 Å². The molecule has 0 bridgehead atoms. The molecule has 95 heavy (non-hydrogen) atoms. The average molecular weight is 1340 g/mol. The Balaban J connectivity index is 0.000000340. The van der Waals surface area contributed by atoms with Crippen LogP contribution in [0.5, 0.6) is 0 Å². The number of nitrogens with one attached hydrogen (secondary N) is 3. The zero-order valence-electron chi connectivity index (χ0n) is 57.8. The first kappa shape index (κ1) is 81.8. The van der Waals surface area contributed by atoms with Gasteiger partial charge in [-0.05, 0) is 133 Å². The number of carbonyl (C=O) groups is 8. The number of benzene rings is 3. The normalized spacial score (nSPS) is 20.6. The molecule has 3 aliphatic heterocycles. The molecule has 5 N–H and O–H groups in total. The molecular formula is C69H104N4O22. The average Bonchev–Trinajstić information content (AvgIpc) is 1.69. The van der Waals surface area contributed by atoms with Crippen LogP contribution in [0.3, 0.4) is 0 Å². The minimum atomic E-state index is -1.16. The van der Waals surface area contributed by atoms with E-state index in [0.717, 1.165) is 16.7 Å². The number of aliphatic carboxylic acids is 1. The summed E-state index contributed by atoms with van der Waals surface area (Å²) in [5.74, 6) is -5.62. The SMILES string of the molecule is CCOC(=O)OC[C@@H]1[C@@H](CCOCc2ccccc2)C(=O)N[C@H]1C(=O)O.CCOC(=O)OC[C@@H]1[C@@H](CCOCc2ccccc2)C(=O)N[C@H]1C(=O)OC(C)(C)C.CCOC(=O)OC[C@H]1[C@H](CO)NC(=O)[C@@H]1CCOCc1ccccc1.CN(C)C(OC(C)(C)C)OC(C)(C)C. The van der Waals surface area contributed by atoms with Gasteiger partial charge in [0.25, 0.3) is 0 Å². The standard InChI is InChI=1S/C22H31NO7.C18H23NO7.C18H25NO6.C11H25NO2/c1-5-28-21(26)29-14-17-16(11-12-27-13-15-9-7-6-8-10-15)19(24)23-18(17)20(25)30-22(2,3)4;1-2-25-18(23)26-11-14-13(16(20)19-15(14)17(21)22)8-9-24-10-12-6-4-3-5-7-12;1-2-24-18(22)25-12-15-14(17(21)19-16(15)10-20)8-9-23-11-13-6-4-3-5-7-13;1-10(2,3)13-9(12(7)8)14-11(4,5)6/h6-10,16-18H,5,11-14H2,1-4H3,(H,23,24);3-7,13-15H,2,8-11H2,1H3,(H,19,20)(H,21,22);3-7,14-16,20H,2,8-12H2,1H3,(H,19,21);9H,1-8H3/t16-,17-,18-;13-,14-,15-;14-,15-,16+;/m111./s1. The highest BCUT2D eigenvalue weighted by Gasteiger charge is 2.49. The van der Waals surface area contributed by atoms with Gasteiger partial charge in [-0.3, -0.25) is 19.3 Å². The molecule has 0 radical (unpaired) electrons. The molecule has 0 aromatic heterocycles. The first-order valence-electron chi connectivity index (χ1n) is 32.1. The minimum absolute atomic E-state index is 0.0200. The van der Waals surface area contributed by atoms with Gasteiger partial charge in [0.1, 0.15) is 37.5 Å². The van der Waals surface area contributed by atoms with Crippen molar-refractivity contribution in [3.8, 4) is 0 Å². The van der Waals surface area contributed by atoms with Crippen molar-refractivity contribution in [1.29, 1.82) is 0 Å². The molecule has 3 aromatic carbocycles. The fourth-order valence-electron chi connectivity index (χ4n) is 9.91. The van der Waals surface area contributed by atoms with Crippen molar-refractivity contribution in [1.82, 2.24) is 20.9 Å². The van der Waals surface area contributed by atoms with Crippen LogP contribution >= 0.6 is 0 Å². The topological polar surface area (TPSA) is 327 Å². The second-order valence-electron chi connectivity index (χ2n) is 25.6. The monoisotopic (exact) mass is 1340 g/mol. The maximum Gasteiger partial charge on any atom is 0.508 e. The summed E-state index contributed by atoms with van der Waals surface area (Å²) in [6, 6.07) is 26.6. The van der Waals surface area contributed by atoms with Gasteiger partial charge in [0.05, 0.1) is 63.5 Å². The Morgan fingerprint density at radius 1 is 0.474 bits per heavy atom. The number of carboxylic acids is 1. The number of ether oxygens (including phenoxy) is 12. The number of carbonyl (C=O) groups excluding carboxylic acids is 7. The molecule has 26 nitrogen and oxygen atoms in total. The highest BCUT2D eigenvalue weighted by atomic mass is 16.7. The van der Waals surface area contributed by atoms with E-state index < -0.39 is 77.8 Å². The third kappa shape index (κ3) is 32.2. The summed E-state index contributed by atoms with van der Waals surface area (Å²) >= 11 is 0. The Morgan fingerprint density at radius 2 is 0.800 bits per heavy atom. The summed E-state index contributed by atoms with van der Waals surface area (Å²) in [6.45, 7) is 24.7. The summed E-state index contributed by atoms with van der Waals surface area (Å²) < 4.78 is 63.2. The molecular weight excluding hydrogens is 1240 g/mol. The number of amides is 3. The molecule has 9 atom stereocenters. The number of aliphatic hydroxyl groups excluding tert-OH is 1. The maximum atomic E-state index is 12.6. The van der Waals surface area contributed by atoms with E-state index in [1.54, 1.807) is 41.5 Å². The number of hydrogen-bond donors (Lipinski definition) is 5. The molecule has 0 saturated carbocycles. The molecule has 6 rings (SSSR count).